The molecule has 13 nitrogen and oxygen atoms in total. The van der Waals surface area contributed by atoms with Crippen LogP contribution in [0.2, 0.25) is 0 Å². The van der Waals surface area contributed by atoms with E-state index in [0.29, 0.717) is 16.7 Å². The van der Waals surface area contributed by atoms with Gasteiger partial charge < -0.3 is 42.6 Å². The second-order valence-corrected chi connectivity index (χ2v) is 18.3. The van der Waals surface area contributed by atoms with Gasteiger partial charge in [-0.05, 0) is 55.7 Å². The van der Waals surface area contributed by atoms with Crippen molar-refractivity contribution < 1.29 is 61.5 Å². The lowest BCUT2D eigenvalue weighted by atomic mass is 10.2. The number of piperidine rings is 1. The van der Waals surface area contributed by atoms with Crippen LogP contribution < -0.4 is 10.2 Å². The normalized spacial score (nSPS) is 14.2. The molecule has 53 heavy (non-hydrogen) atoms. The summed E-state index contributed by atoms with van der Waals surface area (Å²) >= 11 is 12.3. The molecular formula is C36H45Cl2NO12P2. The first kappa shape index (κ1) is 44.3. The Balaban J connectivity index is 0.00000114. The number of ether oxygens (including phenoxy) is 3. The SMILES string of the molecule is C1CC[NH2+]CC1.O=C(OCCCOP(=O)([O-])C(Cl)(Cl)P(=O)(OCCCOC(=O)c1ccccc1)OCCCOC(=O)c1ccccc1)c1ccccc1. The van der Waals surface area contributed by atoms with E-state index in [1.807, 2.05) is 0 Å². The Morgan fingerprint density at radius 1 is 0.566 bits per heavy atom. The number of esters is 3. The van der Waals surface area contributed by atoms with Gasteiger partial charge in [0.25, 0.3) is 3.82 Å². The lowest BCUT2D eigenvalue weighted by molar-refractivity contribution is -0.662. The number of quaternary nitrogens is 1. The van der Waals surface area contributed by atoms with Gasteiger partial charge in [-0.3, -0.25) is 4.57 Å². The van der Waals surface area contributed by atoms with Crippen LogP contribution in [0.25, 0.3) is 0 Å². The molecule has 0 aromatic heterocycles. The van der Waals surface area contributed by atoms with Crippen LogP contribution in [0.5, 0.6) is 0 Å². The summed E-state index contributed by atoms with van der Waals surface area (Å²) in [5, 5.41) is 2.39. The summed E-state index contributed by atoms with van der Waals surface area (Å²) in [5.41, 5.74) is 0.939. The van der Waals surface area contributed by atoms with Crippen LogP contribution in [-0.4, -0.2) is 74.5 Å². The highest BCUT2D eigenvalue weighted by molar-refractivity contribution is 7.79. The third kappa shape index (κ3) is 15.3. The highest BCUT2D eigenvalue weighted by atomic mass is 35.5. The second kappa shape index (κ2) is 23.6. The molecule has 3 aromatic carbocycles. The number of alkyl halides is 2. The molecule has 3 aromatic rings. The Kier molecular flexibility index (Phi) is 19.8. The number of carbonyl (C=O) groups excluding carboxylic acids is 3. The molecule has 1 fully saturated rings. The Labute approximate surface area is 319 Å². The van der Waals surface area contributed by atoms with Gasteiger partial charge in [-0.2, -0.15) is 0 Å². The fourth-order valence-corrected chi connectivity index (χ4v) is 8.76. The fourth-order valence-electron chi connectivity index (χ4n) is 4.52. The number of benzene rings is 3. The van der Waals surface area contributed by atoms with E-state index in [1.54, 1.807) is 91.0 Å². The number of halogens is 2. The predicted molar refractivity (Wildman–Crippen MR) is 197 cm³/mol. The Morgan fingerprint density at radius 2 is 0.906 bits per heavy atom. The van der Waals surface area contributed by atoms with Crippen molar-refractivity contribution in [2.24, 2.45) is 0 Å². The van der Waals surface area contributed by atoms with Crippen LogP contribution in [0.3, 0.4) is 0 Å². The van der Waals surface area contributed by atoms with E-state index < -0.39 is 56.7 Å². The molecule has 1 heterocycles. The van der Waals surface area contributed by atoms with Gasteiger partial charge in [0.05, 0.1) is 69.4 Å². The molecule has 0 amide bonds. The number of nitrogens with two attached hydrogens (primary N) is 1. The predicted octanol–water partition coefficient (Wildman–Crippen LogP) is 6.35. The minimum absolute atomic E-state index is 0.0265. The zero-order valence-corrected chi connectivity index (χ0v) is 32.5. The quantitative estimate of drug-likeness (QED) is 0.0440. The molecule has 0 aliphatic carbocycles. The topological polar surface area (TPSA) is 180 Å². The van der Waals surface area contributed by atoms with Crippen molar-refractivity contribution in [1.29, 1.82) is 0 Å². The Hall–Kier alpha value is -3.09. The first-order valence-corrected chi connectivity index (χ1v) is 21.0. The maximum Gasteiger partial charge on any atom is 0.375 e. The number of hydrogen-bond acceptors (Lipinski definition) is 12. The lowest BCUT2D eigenvalue weighted by Gasteiger charge is -2.38. The second-order valence-electron chi connectivity index (χ2n) is 11.5. The van der Waals surface area contributed by atoms with Crippen molar-refractivity contribution in [1.82, 2.24) is 0 Å². The standard InChI is InChI=1S/C31H34Cl2O12P2.C5H11N/c32-31(33,46(37,38)43-22-10-19-40-28(34)25-13-4-1-5-14-25)47(39,44-23-11-20-41-29(35)26-15-6-2-7-16-26)45-24-12-21-42-30(36)27-17-8-3-9-18-27;1-2-4-6-5-3-1/h1-9,13-18H,10-12,19-24H2,(H,37,38);6H,1-5H2. The summed E-state index contributed by atoms with van der Waals surface area (Å²) in [7, 11) is -10.3. The van der Waals surface area contributed by atoms with E-state index in [9.17, 15) is 28.4 Å². The van der Waals surface area contributed by atoms with E-state index in [0.717, 1.165) is 0 Å². The van der Waals surface area contributed by atoms with Gasteiger partial charge in [-0.1, -0.05) is 77.8 Å². The first-order valence-electron chi connectivity index (χ1n) is 17.2. The molecule has 2 N–H and O–H groups in total. The van der Waals surface area contributed by atoms with Gasteiger partial charge in [0.1, 0.15) is 0 Å². The molecule has 0 spiro atoms. The van der Waals surface area contributed by atoms with Crippen molar-refractivity contribution >= 4 is 56.3 Å². The summed E-state index contributed by atoms with van der Waals surface area (Å²) < 4.78 is 54.6. The molecule has 4 rings (SSSR count). The van der Waals surface area contributed by atoms with Crippen molar-refractivity contribution in [2.45, 2.75) is 42.3 Å². The summed E-state index contributed by atoms with van der Waals surface area (Å²) in [6.07, 6.45) is 4.24. The van der Waals surface area contributed by atoms with Crippen LogP contribution in [0.4, 0.5) is 0 Å². The third-order valence-corrected chi connectivity index (χ3v) is 14.2. The van der Waals surface area contributed by atoms with Crippen molar-refractivity contribution in [3.63, 3.8) is 0 Å². The van der Waals surface area contributed by atoms with Crippen LogP contribution in [0, 0.1) is 0 Å². The summed E-state index contributed by atoms with van der Waals surface area (Å²) in [4.78, 5) is 49.4. The molecule has 1 saturated heterocycles. The highest BCUT2D eigenvalue weighted by Crippen LogP contribution is 2.78. The van der Waals surface area contributed by atoms with E-state index in [4.69, 9.17) is 51.0 Å². The van der Waals surface area contributed by atoms with Crippen LogP contribution in [-0.2, 0) is 36.9 Å². The molecule has 1 aliphatic rings. The van der Waals surface area contributed by atoms with Gasteiger partial charge in [0, 0.05) is 19.3 Å². The zero-order chi connectivity index (χ0) is 38.4. The lowest BCUT2D eigenvalue weighted by Crippen LogP contribution is -2.85. The average molecular weight is 817 g/mol. The first-order chi connectivity index (χ1) is 25.5. The van der Waals surface area contributed by atoms with Crippen LogP contribution in [0.15, 0.2) is 91.0 Å². The highest BCUT2D eigenvalue weighted by Gasteiger charge is 2.57. The molecule has 0 radical (unpaired) electrons. The Bertz CT molecular complexity index is 1550. The van der Waals surface area contributed by atoms with Crippen molar-refractivity contribution in [2.75, 3.05) is 52.7 Å². The zero-order valence-electron chi connectivity index (χ0n) is 29.2. The van der Waals surface area contributed by atoms with Crippen LogP contribution in [0.1, 0.15) is 69.6 Å². The minimum atomic E-state index is -5.41. The molecule has 1 atom stereocenters. The fraction of sp³-hybridized carbons (Fsp3) is 0.417. The molecule has 17 heteroatoms. The maximum atomic E-state index is 13.8. The van der Waals surface area contributed by atoms with E-state index in [1.165, 1.54) is 32.4 Å². The van der Waals surface area contributed by atoms with Crippen molar-refractivity contribution in [3.05, 3.63) is 108 Å². The van der Waals surface area contributed by atoms with Crippen LogP contribution >= 0.6 is 38.4 Å². The summed E-state index contributed by atoms with van der Waals surface area (Å²) in [5.74, 6) is -1.83. The Morgan fingerprint density at radius 3 is 1.21 bits per heavy atom. The molecule has 290 valence electrons. The molecule has 1 unspecified atom stereocenters. The number of hydrogen-bond donors (Lipinski definition) is 1. The molecule has 0 saturated carbocycles. The summed E-state index contributed by atoms with van der Waals surface area (Å²) in [6.45, 7) is 0.828. The van der Waals surface area contributed by atoms with Gasteiger partial charge in [0.2, 0.25) is 0 Å². The van der Waals surface area contributed by atoms with Gasteiger partial charge >= 0.3 is 25.5 Å². The number of rotatable bonds is 20. The number of carbonyl (C=O) groups is 3. The largest absolute Gasteiger partial charge is 0.776 e. The van der Waals surface area contributed by atoms with E-state index >= 15 is 0 Å². The maximum absolute atomic E-state index is 13.8. The average Bonchev–Trinajstić information content (AvgIpc) is 3.19. The smallest absolute Gasteiger partial charge is 0.375 e. The summed E-state index contributed by atoms with van der Waals surface area (Å²) in [6, 6.07) is 24.5. The van der Waals surface area contributed by atoms with E-state index in [2.05, 4.69) is 5.32 Å². The van der Waals surface area contributed by atoms with Gasteiger partial charge in [-0.15, -0.1) is 0 Å². The third-order valence-electron chi connectivity index (χ3n) is 7.35. The van der Waals surface area contributed by atoms with Crippen molar-refractivity contribution in [3.8, 4) is 0 Å². The van der Waals surface area contributed by atoms with E-state index in [-0.39, 0.29) is 39.1 Å². The van der Waals surface area contributed by atoms with Gasteiger partial charge in [0.15, 0.2) is 7.60 Å². The monoisotopic (exact) mass is 815 g/mol. The minimum Gasteiger partial charge on any atom is -0.776 e. The molecular weight excluding hydrogens is 771 g/mol. The van der Waals surface area contributed by atoms with Gasteiger partial charge in [-0.25, -0.2) is 14.4 Å². The molecule has 0 bridgehead atoms. The molecule has 1 aliphatic heterocycles.